The molecule has 0 radical (unpaired) electrons. The predicted molar refractivity (Wildman–Crippen MR) is 104 cm³/mol. The topological polar surface area (TPSA) is 86.1 Å². The summed E-state index contributed by atoms with van der Waals surface area (Å²) in [4.78, 5) is 14.7. The first kappa shape index (κ1) is 19.9. The number of amides is 2. The van der Waals surface area contributed by atoms with Crippen LogP contribution in [0.3, 0.4) is 0 Å². The van der Waals surface area contributed by atoms with Crippen molar-refractivity contribution in [3.8, 4) is 17.2 Å². The van der Waals surface area contributed by atoms with Gasteiger partial charge in [-0.3, -0.25) is 0 Å². The lowest BCUT2D eigenvalue weighted by Crippen LogP contribution is -2.34. The summed E-state index contributed by atoms with van der Waals surface area (Å²) >= 11 is 0. The van der Waals surface area contributed by atoms with E-state index in [4.69, 9.17) is 18.7 Å². The number of anilines is 1. The van der Waals surface area contributed by atoms with Crippen molar-refractivity contribution in [3.63, 3.8) is 0 Å². The number of benzene rings is 1. The van der Waals surface area contributed by atoms with Gasteiger partial charge < -0.3 is 29.0 Å². The Morgan fingerprint density at radius 1 is 1.18 bits per heavy atom. The number of hydrogen-bond donors (Lipinski definition) is 1. The monoisotopic (exact) mass is 389 g/mol. The van der Waals surface area contributed by atoms with Crippen LogP contribution in [0.4, 0.5) is 10.5 Å². The molecule has 2 amide bonds. The third-order valence-electron chi connectivity index (χ3n) is 4.89. The van der Waals surface area contributed by atoms with Gasteiger partial charge in [0.15, 0.2) is 11.5 Å². The van der Waals surface area contributed by atoms with Gasteiger partial charge in [0.1, 0.15) is 11.5 Å². The van der Waals surface area contributed by atoms with Crippen LogP contribution >= 0.6 is 0 Å². The highest BCUT2D eigenvalue weighted by molar-refractivity contribution is 5.90. The van der Waals surface area contributed by atoms with E-state index in [2.05, 4.69) is 10.5 Å². The molecule has 0 aliphatic carbocycles. The van der Waals surface area contributed by atoms with Crippen molar-refractivity contribution in [2.45, 2.75) is 38.6 Å². The third kappa shape index (κ3) is 3.85. The Labute approximate surface area is 164 Å². The zero-order chi connectivity index (χ0) is 20.3. The Morgan fingerprint density at radius 2 is 1.86 bits per heavy atom. The van der Waals surface area contributed by atoms with Gasteiger partial charge in [0.2, 0.25) is 5.75 Å². The molecule has 2 heterocycles. The molecule has 1 unspecified atom stereocenters. The molecule has 0 bridgehead atoms. The van der Waals surface area contributed by atoms with Crippen LogP contribution in [-0.2, 0) is 0 Å². The van der Waals surface area contributed by atoms with E-state index in [0.29, 0.717) is 29.5 Å². The molecular formula is C20H27N3O5. The lowest BCUT2D eigenvalue weighted by molar-refractivity contribution is 0.204. The molecule has 1 aromatic carbocycles. The molecule has 1 fully saturated rings. The molecule has 8 nitrogen and oxygen atoms in total. The number of rotatable bonds is 6. The minimum atomic E-state index is -0.203. The molecule has 1 saturated heterocycles. The first-order valence-corrected chi connectivity index (χ1v) is 9.32. The molecule has 152 valence electrons. The van der Waals surface area contributed by atoms with Crippen molar-refractivity contribution < 1.29 is 23.5 Å². The van der Waals surface area contributed by atoms with Gasteiger partial charge in [-0.1, -0.05) is 19.0 Å². The maximum atomic E-state index is 12.9. The van der Waals surface area contributed by atoms with Gasteiger partial charge in [-0.05, 0) is 12.8 Å². The second-order valence-electron chi connectivity index (χ2n) is 7.00. The van der Waals surface area contributed by atoms with Crippen molar-refractivity contribution >= 4 is 11.7 Å². The molecule has 1 aliphatic heterocycles. The molecule has 8 heteroatoms. The predicted octanol–water partition coefficient (Wildman–Crippen LogP) is 4.19. The van der Waals surface area contributed by atoms with Crippen LogP contribution in [0.1, 0.15) is 50.1 Å². The second kappa shape index (κ2) is 8.41. The van der Waals surface area contributed by atoms with Crippen LogP contribution < -0.4 is 19.5 Å². The number of hydrogen-bond acceptors (Lipinski definition) is 6. The molecule has 1 atom stereocenters. The lowest BCUT2D eigenvalue weighted by Gasteiger charge is -2.24. The number of methoxy groups -OCH3 is 3. The van der Waals surface area contributed by atoms with Crippen LogP contribution in [0.2, 0.25) is 0 Å². The van der Waals surface area contributed by atoms with Gasteiger partial charge in [-0.15, -0.1) is 0 Å². The number of ether oxygens (including phenoxy) is 3. The van der Waals surface area contributed by atoms with E-state index in [-0.39, 0.29) is 18.0 Å². The normalized spacial score (nSPS) is 16.4. The number of nitrogens with zero attached hydrogens (tertiary/aromatic N) is 2. The number of nitrogens with one attached hydrogen (secondary N) is 1. The highest BCUT2D eigenvalue weighted by atomic mass is 16.5. The summed E-state index contributed by atoms with van der Waals surface area (Å²) in [5, 5.41) is 7.11. The quantitative estimate of drug-likeness (QED) is 0.797. The summed E-state index contributed by atoms with van der Waals surface area (Å²) in [5.74, 6) is 2.52. The fourth-order valence-corrected chi connectivity index (χ4v) is 3.40. The average Bonchev–Trinajstić information content (AvgIpc) is 3.36. The maximum Gasteiger partial charge on any atom is 0.322 e. The van der Waals surface area contributed by atoms with Gasteiger partial charge >= 0.3 is 6.03 Å². The zero-order valence-electron chi connectivity index (χ0n) is 16.9. The smallest absolute Gasteiger partial charge is 0.322 e. The van der Waals surface area contributed by atoms with Crippen molar-refractivity contribution in [3.05, 3.63) is 29.7 Å². The number of carbonyl (C=O) groups is 1. The van der Waals surface area contributed by atoms with E-state index >= 15 is 0 Å². The second-order valence-corrected chi connectivity index (χ2v) is 7.00. The Bertz CT molecular complexity index is 808. The van der Waals surface area contributed by atoms with E-state index in [1.807, 2.05) is 19.9 Å². The van der Waals surface area contributed by atoms with E-state index in [0.717, 1.165) is 24.3 Å². The SMILES string of the molecule is COc1cc(NC(=O)N2CCCC2c2cc(C(C)C)on2)cc(OC)c1OC. The van der Waals surface area contributed by atoms with Crippen LogP contribution in [0.25, 0.3) is 0 Å². The summed E-state index contributed by atoms with van der Waals surface area (Å²) in [6.07, 6.45) is 1.77. The van der Waals surface area contributed by atoms with Crippen molar-refractivity contribution in [1.29, 1.82) is 0 Å². The lowest BCUT2D eigenvalue weighted by atomic mass is 10.1. The van der Waals surface area contributed by atoms with Gasteiger partial charge in [0, 0.05) is 30.7 Å². The van der Waals surface area contributed by atoms with E-state index in [1.165, 1.54) is 21.3 Å². The highest BCUT2D eigenvalue weighted by Gasteiger charge is 2.33. The van der Waals surface area contributed by atoms with Crippen LogP contribution in [0, 0.1) is 0 Å². The first-order valence-electron chi connectivity index (χ1n) is 9.32. The number of urea groups is 1. The number of carbonyl (C=O) groups excluding carboxylic acids is 1. The molecule has 2 aromatic rings. The highest BCUT2D eigenvalue weighted by Crippen LogP contribution is 2.40. The Balaban J connectivity index is 1.80. The van der Waals surface area contributed by atoms with Gasteiger partial charge in [-0.2, -0.15) is 0 Å². The molecule has 28 heavy (non-hydrogen) atoms. The number of likely N-dealkylation sites (tertiary alicyclic amines) is 1. The van der Waals surface area contributed by atoms with E-state index in [1.54, 1.807) is 17.0 Å². The number of aromatic nitrogens is 1. The molecule has 0 spiro atoms. The van der Waals surface area contributed by atoms with Crippen molar-refractivity contribution in [1.82, 2.24) is 10.1 Å². The van der Waals surface area contributed by atoms with Crippen LogP contribution in [0.15, 0.2) is 22.7 Å². The summed E-state index contributed by atoms with van der Waals surface area (Å²) in [6, 6.07) is 5.05. The Morgan fingerprint density at radius 3 is 2.39 bits per heavy atom. The summed E-state index contributed by atoms with van der Waals surface area (Å²) < 4.78 is 21.4. The molecular weight excluding hydrogens is 362 g/mol. The summed E-state index contributed by atoms with van der Waals surface area (Å²) in [5.41, 5.74) is 1.36. The van der Waals surface area contributed by atoms with Crippen molar-refractivity contribution in [2.24, 2.45) is 0 Å². The minimum absolute atomic E-state index is 0.0988. The minimum Gasteiger partial charge on any atom is -0.493 e. The zero-order valence-corrected chi connectivity index (χ0v) is 16.9. The standard InChI is InChI=1S/C20H27N3O5/c1-12(2)16-11-14(22-28-16)15-7-6-8-23(15)20(24)21-13-9-17(25-3)19(27-5)18(10-13)26-4/h9-12,15H,6-8H2,1-5H3,(H,21,24). The molecule has 0 saturated carbocycles. The van der Waals surface area contributed by atoms with Crippen LogP contribution in [0.5, 0.6) is 17.2 Å². The largest absolute Gasteiger partial charge is 0.493 e. The van der Waals surface area contributed by atoms with Crippen LogP contribution in [-0.4, -0.2) is 44.0 Å². The van der Waals surface area contributed by atoms with Crippen molar-refractivity contribution in [2.75, 3.05) is 33.2 Å². The molecule has 3 rings (SSSR count). The average molecular weight is 389 g/mol. The maximum absolute atomic E-state index is 12.9. The molecule has 1 N–H and O–H groups in total. The van der Waals surface area contributed by atoms with Gasteiger partial charge in [0.05, 0.1) is 33.1 Å². The van der Waals surface area contributed by atoms with E-state index in [9.17, 15) is 4.79 Å². The van der Waals surface area contributed by atoms with Gasteiger partial charge in [0.25, 0.3) is 0 Å². The summed E-state index contributed by atoms with van der Waals surface area (Å²) in [7, 11) is 4.61. The Kier molecular flexibility index (Phi) is 5.96. The first-order chi connectivity index (χ1) is 13.5. The summed E-state index contributed by atoms with van der Waals surface area (Å²) in [6.45, 7) is 4.76. The molecule has 1 aromatic heterocycles. The molecule has 1 aliphatic rings. The Hall–Kier alpha value is -2.90. The fraction of sp³-hybridized carbons (Fsp3) is 0.500. The van der Waals surface area contributed by atoms with E-state index < -0.39 is 0 Å². The fourth-order valence-electron chi connectivity index (χ4n) is 3.40. The third-order valence-corrected chi connectivity index (χ3v) is 4.89. The van der Waals surface area contributed by atoms with Gasteiger partial charge in [-0.25, -0.2) is 4.79 Å².